The van der Waals surface area contributed by atoms with Crippen molar-refractivity contribution in [1.29, 1.82) is 0 Å². The molecule has 0 bridgehead atoms. The third-order valence-corrected chi connectivity index (χ3v) is 6.07. The second kappa shape index (κ2) is 6.60. The smallest absolute Gasteiger partial charge is 0.180 e. The van der Waals surface area contributed by atoms with Gasteiger partial charge in [0.2, 0.25) is 0 Å². The van der Waals surface area contributed by atoms with Gasteiger partial charge in [0.15, 0.2) is 9.84 Å². The molecule has 1 saturated carbocycles. The second-order valence-corrected chi connectivity index (χ2v) is 7.74. The van der Waals surface area contributed by atoms with E-state index >= 15 is 0 Å². The Morgan fingerprint density at radius 2 is 1.81 bits per heavy atom. The zero-order chi connectivity index (χ0) is 15.5. The number of carbonyl (C=O) groups is 1. The molecule has 1 aliphatic carbocycles. The van der Waals surface area contributed by atoms with Gasteiger partial charge >= 0.3 is 0 Å². The third kappa shape index (κ3) is 3.64. The molecule has 0 atom stereocenters. The molecule has 0 unspecified atom stereocenters. The van der Waals surface area contributed by atoms with E-state index < -0.39 is 9.84 Å². The minimum atomic E-state index is -3.24. The number of anilines is 1. The van der Waals surface area contributed by atoms with Crippen molar-refractivity contribution in [2.45, 2.75) is 50.0 Å². The number of hydrogen-bond donors (Lipinski definition) is 0. The van der Waals surface area contributed by atoms with Crippen LogP contribution >= 0.6 is 0 Å². The van der Waals surface area contributed by atoms with Crippen LogP contribution in [-0.4, -0.2) is 33.0 Å². The van der Waals surface area contributed by atoms with E-state index in [-0.39, 0.29) is 11.8 Å². The fourth-order valence-electron chi connectivity index (χ4n) is 2.90. The van der Waals surface area contributed by atoms with Gasteiger partial charge in [-0.15, -0.1) is 0 Å². The van der Waals surface area contributed by atoms with Crippen LogP contribution < -0.4 is 4.90 Å². The van der Waals surface area contributed by atoms with Crippen molar-refractivity contribution in [3.63, 3.8) is 0 Å². The van der Waals surface area contributed by atoms with E-state index in [1.165, 1.54) is 0 Å². The zero-order valence-corrected chi connectivity index (χ0v) is 13.5. The van der Waals surface area contributed by atoms with Crippen molar-refractivity contribution in [2.75, 3.05) is 17.7 Å². The predicted octanol–water partition coefficient (Wildman–Crippen LogP) is 2.82. The standard InChI is InChI=1S/C16H23NO3S/c1-3-12-21(19,20)16-7-5-4-6-15(16)17(2)13-8-10-14(18)11-9-13/h4-7,13H,3,8-12H2,1-2H3. The number of sulfone groups is 1. The fourth-order valence-corrected chi connectivity index (χ4v) is 4.47. The molecule has 0 aliphatic heterocycles. The Morgan fingerprint density at radius 1 is 1.19 bits per heavy atom. The van der Waals surface area contributed by atoms with Gasteiger partial charge < -0.3 is 4.90 Å². The van der Waals surface area contributed by atoms with Crippen LogP contribution in [0.5, 0.6) is 0 Å². The van der Waals surface area contributed by atoms with E-state index in [0.717, 1.165) is 18.5 Å². The van der Waals surface area contributed by atoms with E-state index in [9.17, 15) is 13.2 Å². The first-order valence-electron chi connectivity index (χ1n) is 7.52. The molecule has 0 amide bonds. The number of carbonyl (C=O) groups excluding carboxylic acids is 1. The molecule has 0 radical (unpaired) electrons. The first kappa shape index (κ1) is 16.0. The maximum absolute atomic E-state index is 12.4. The quantitative estimate of drug-likeness (QED) is 0.839. The summed E-state index contributed by atoms with van der Waals surface area (Å²) in [5.41, 5.74) is 0.755. The molecule has 0 heterocycles. The SMILES string of the molecule is CCCS(=O)(=O)c1ccccc1N(C)C1CCC(=O)CC1. The van der Waals surface area contributed by atoms with Crippen LogP contribution in [0.3, 0.4) is 0 Å². The Bertz CT molecular complexity index is 600. The highest BCUT2D eigenvalue weighted by molar-refractivity contribution is 7.91. The topological polar surface area (TPSA) is 54.5 Å². The fraction of sp³-hybridized carbons (Fsp3) is 0.562. The number of rotatable bonds is 5. The van der Waals surface area contributed by atoms with Crippen LogP contribution in [0.2, 0.25) is 0 Å². The lowest BCUT2D eigenvalue weighted by molar-refractivity contribution is -0.120. The van der Waals surface area contributed by atoms with Crippen LogP contribution in [0.4, 0.5) is 5.69 Å². The zero-order valence-electron chi connectivity index (χ0n) is 12.7. The molecule has 116 valence electrons. The molecular weight excluding hydrogens is 286 g/mol. The van der Waals surface area contributed by atoms with E-state index in [4.69, 9.17) is 0 Å². The van der Waals surface area contributed by atoms with Crippen LogP contribution in [0.15, 0.2) is 29.2 Å². The monoisotopic (exact) mass is 309 g/mol. The Hall–Kier alpha value is -1.36. The van der Waals surface area contributed by atoms with Gasteiger partial charge in [0.1, 0.15) is 5.78 Å². The predicted molar refractivity (Wildman–Crippen MR) is 84.5 cm³/mol. The van der Waals surface area contributed by atoms with Crippen molar-refractivity contribution >= 4 is 21.3 Å². The number of ketones is 1. The molecule has 4 nitrogen and oxygen atoms in total. The van der Waals surface area contributed by atoms with Gasteiger partial charge in [-0.25, -0.2) is 8.42 Å². The summed E-state index contributed by atoms with van der Waals surface area (Å²) in [6, 6.07) is 7.42. The molecule has 1 aliphatic rings. The van der Waals surface area contributed by atoms with Gasteiger partial charge in [-0.1, -0.05) is 19.1 Å². The third-order valence-electron chi connectivity index (χ3n) is 4.11. The molecule has 1 aromatic carbocycles. The summed E-state index contributed by atoms with van der Waals surface area (Å²) in [6.45, 7) is 1.87. The molecule has 2 rings (SSSR count). The average molecular weight is 309 g/mol. The van der Waals surface area contributed by atoms with Gasteiger partial charge in [-0.3, -0.25) is 4.79 Å². The number of nitrogens with zero attached hydrogens (tertiary/aromatic N) is 1. The molecule has 21 heavy (non-hydrogen) atoms. The molecule has 0 N–H and O–H groups in total. The molecule has 1 aromatic rings. The summed E-state index contributed by atoms with van der Waals surface area (Å²) in [4.78, 5) is 13.8. The maximum Gasteiger partial charge on any atom is 0.180 e. The number of Topliss-reactive ketones (excluding diaryl/α,β-unsaturated/α-hetero) is 1. The minimum absolute atomic E-state index is 0.168. The highest BCUT2D eigenvalue weighted by atomic mass is 32.2. The van der Waals surface area contributed by atoms with Crippen LogP contribution in [0.25, 0.3) is 0 Å². The first-order valence-corrected chi connectivity index (χ1v) is 9.17. The summed E-state index contributed by atoms with van der Waals surface area (Å²) in [6.07, 6.45) is 3.41. The summed E-state index contributed by atoms with van der Waals surface area (Å²) < 4.78 is 24.8. The van der Waals surface area contributed by atoms with Crippen LogP contribution in [-0.2, 0) is 14.6 Å². The largest absolute Gasteiger partial charge is 0.371 e. The van der Waals surface area contributed by atoms with Crippen molar-refractivity contribution < 1.29 is 13.2 Å². The number of hydrogen-bond acceptors (Lipinski definition) is 4. The summed E-state index contributed by atoms with van der Waals surface area (Å²) in [7, 11) is -1.31. The first-order chi connectivity index (χ1) is 9.95. The molecule has 0 saturated heterocycles. The molecule has 0 spiro atoms. The lowest BCUT2D eigenvalue weighted by atomic mass is 9.93. The molecule has 5 heteroatoms. The van der Waals surface area contributed by atoms with Crippen molar-refractivity contribution in [2.24, 2.45) is 0 Å². The second-order valence-electron chi connectivity index (χ2n) is 5.67. The van der Waals surface area contributed by atoms with Gasteiger partial charge in [-0.2, -0.15) is 0 Å². The maximum atomic E-state index is 12.4. The van der Waals surface area contributed by atoms with E-state index in [1.807, 2.05) is 31.0 Å². The van der Waals surface area contributed by atoms with Gasteiger partial charge in [0.05, 0.1) is 16.3 Å². The minimum Gasteiger partial charge on any atom is -0.371 e. The number of benzene rings is 1. The Kier molecular flexibility index (Phi) is 5.04. The highest BCUT2D eigenvalue weighted by Crippen LogP contribution is 2.30. The van der Waals surface area contributed by atoms with Crippen molar-refractivity contribution in [3.05, 3.63) is 24.3 Å². The molecule has 0 aromatic heterocycles. The van der Waals surface area contributed by atoms with E-state index in [2.05, 4.69) is 0 Å². The van der Waals surface area contributed by atoms with E-state index in [1.54, 1.807) is 12.1 Å². The van der Waals surface area contributed by atoms with Crippen LogP contribution in [0.1, 0.15) is 39.0 Å². The summed E-state index contributed by atoms with van der Waals surface area (Å²) >= 11 is 0. The molecular formula is C16H23NO3S. The van der Waals surface area contributed by atoms with E-state index in [0.29, 0.717) is 29.9 Å². The average Bonchev–Trinajstić information content (AvgIpc) is 2.47. The van der Waals surface area contributed by atoms with Crippen molar-refractivity contribution in [3.8, 4) is 0 Å². The normalized spacial score (nSPS) is 17.0. The Morgan fingerprint density at radius 3 is 2.43 bits per heavy atom. The van der Waals surface area contributed by atoms with Gasteiger partial charge in [0.25, 0.3) is 0 Å². The van der Waals surface area contributed by atoms with Gasteiger partial charge in [-0.05, 0) is 31.4 Å². The van der Waals surface area contributed by atoms with Gasteiger partial charge in [0, 0.05) is 25.9 Å². The summed E-state index contributed by atoms with van der Waals surface area (Å²) in [5, 5.41) is 0. The number of para-hydroxylation sites is 1. The Balaban J connectivity index is 2.29. The Labute approximate surface area is 127 Å². The molecule has 1 fully saturated rings. The highest BCUT2D eigenvalue weighted by Gasteiger charge is 2.26. The lowest BCUT2D eigenvalue weighted by Gasteiger charge is -2.33. The lowest BCUT2D eigenvalue weighted by Crippen LogP contribution is -2.36. The van der Waals surface area contributed by atoms with Crippen molar-refractivity contribution in [1.82, 2.24) is 0 Å². The summed E-state index contributed by atoms with van der Waals surface area (Å²) in [5.74, 6) is 0.479. The van der Waals surface area contributed by atoms with Crippen LogP contribution in [0, 0.1) is 0 Å².